The van der Waals surface area contributed by atoms with Gasteiger partial charge in [0, 0.05) is 37.3 Å². The fraction of sp³-hybridized carbons (Fsp3) is 0.375. The molecule has 0 N–H and O–H groups in total. The number of amides is 1. The van der Waals surface area contributed by atoms with Crippen molar-refractivity contribution in [2.24, 2.45) is 0 Å². The van der Waals surface area contributed by atoms with Crippen molar-refractivity contribution in [2.75, 3.05) is 31.1 Å². The maximum absolute atomic E-state index is 12.6. The Bertz CT molecular complexity index is 808. The summed E-state index contributed by atoms with van der Waals surface area (Å²) in [5.41, 5.74) is 1.54. The molecule has 1 saturated heterocycles. The highest BCUT2D eigenvalue weighted by Gasteiger charge is 2.29. The van der Waals surface area contributed by atoms with Crippen molar-refractivity contribution >= 4 is 28.9 Å². The third-order valence-electron chi connectivity index (χ3n) is 4.29. The molecule has 0 atom stereocenters. The number of nitrogens with zero attached hydrogens (tertiary/aromatic N) is 4. The van der Waals surface area contributed by atoms with Crippen molar-refractivity contribution in [1.82, 2.24) is 10.1 Å². The van der Waals surface area contributed by atoms with Gasteiger partial charge < -0.3 is 14.3 Å². The van der Waals surface area contributed by atoms with Crippen molar-refractivity contribution < 1.29 is 14.2 Å². The molecule has 2 aromatic rings. The van der Waals surface area contributed by atoms with Crippen LogP contribution in [0.4, 0.5) is 11.4 Å². The second-order valence-corrected chi connectivity index (χ2v) is 6.31. The van der Waals surface area contributed by atoms with Gasteiger partial charge in [0.15, 0.2) is 0 Å². The number of aromatic nitrogens is 1. The van der Waals surface area contributed by atoms with Gasteiger partial charge in [0.05, 0.1) is 10.6 Å². The molecule has 0 aliphatic carbocycles. The summed E-state index contributed by atoms with van der Waals surface area (Å²) in [6, 6.07) is 4.62. The van der Waals surface area contributed by atoms with Crippen LogP contribution in [0.3, 0.4) is 0 Å². The lowest BCUT2D eigenvalue weighted by Gasteiger charge is -2.35. The maximum Gasteiger partial charge on any atom is 0.294 e. The van der Waals surface area contributed by atoms with Crippen LogP contribution in [0.25, 0.3) is 0 Å². The number of halogens is 1. The summed E-state index contributed by atoms with van der Waals surface area (Å²) in [5.74, 6) is 0.375. The first-order valence-corrected chi connectivity index (χ1v) is 8.17. The summed E-state index contributed by atoms with van der Waals surface area (Å²) in [6.07, 6.45) is 0. The van der Waals surface area contributed by atoms with Crippen molar-refractivity contribution in [3.8, 4) is 0 Å². The third kappa shape index (κ3) is 3.30. The zero-order valence-corrected chi connectivity index (χ0v) is 14.6. The summed E-state index contributed by atoms with van der Waals surface area (Å²) in [7, 11) is 0. The smallest absolute Gasteiger partial charge is 0.294 e. The van der Waals surface area contributed by atoms with Crippen LogP contribution in [0.2, 0.25) is 5.02 Å². The van der Waals surface area contributed by atoms with E-state index in [0.29, 0.717) is 53.9 Å². The number of aryl methyl sites for hydroxylation is 2. The predicted molar refractivity (Wildman–Crippen MR) is 92.2 cm³/mol. The van der Waals surface area contributed by atoms with Crippen molar-refractivity contribution in [3.05, 3.63) is 50.4 Å². The summed E-state index contributed by atoms with van der Waals surface area (Å²) >= 11 is 5.86. The fourth-order valence-corrected chi connectivity index (χ4v) is 3.17. The van der Waals surface area contributed by atoms with Gasteiger partial charge in [0.1, 0.15) is 17.0 Å². The lowest BCUT2D eigenvalue weighted by atomic mass is 10.1. The second kappa shape index (κ2) is 6.72. The van der Waals surface area contributed by atoms with Crippen LogP contribution < -0.4 is 4.90 Å². The average molecular weight is 365 g/mol. The van der Waals surface area contributed by atoms with E-state index in [9.17, 15) is 14.9 Å². The number of carbonyl (C=O) groups is 1. The normalized spacial score (nSPS) is 14.7. The van der Waals surface area contributed by atoms with E-state index in [1.807, 2.05) is 4.90 Å². The number of nitro groups is 1. The van der Waals surface area contributed by atoms with Gasteiger partial charge in [-0.3, -0.25) is 14.9 Å². The van der Waals surface area contributed by atoms with E-state index in [1.165, 1.54) is 6.07 Å². The van der Waals surface area contributed by atoms with E-state index in [0.717, 1.165) is 0 Å². The molecular formula is C16H17ClN4O4. The molecule has 132 valence electrons. The van der Waals surface area contributed by atoms with Crippen LogP contribution in [0.1, 0.15) is 21.8 Å². The summed E-state index contributed by atoms with van der Waals surface area (Å²) in [4.78, 5) is 27.1. The van der Waals surface area contributed by atoms with Gasteiger partial charge in [-0.1, -0.05) is 16.8 Å². The molecule has 1 aliphatic rings. The number of hydrogen-bond donors (Lipinski definition) is 0. The van der Waals surface area contributed by atoms with E-state index in [-0.39, 0.29) is 11.6 Å². The van der Waals surface area contributed by atoms with Crippen molar-refractivity contribution in [3.63, 3.8) is 0 Å². The number of hydrogen-bond acceptors (Lipinski definition) is 6. The molecule has 1 aromatic heterocycles. The Kier molecular flexibility index (Phi) is 4.63. The van der Waals surface area contributed by atoms with Crippen LogP contribution in [0.5, 0.6) is 0 Å². The average Bonchev–Trinajstić information content (AvgIpc) is 2.93. The number of benzene rings is 1. The van der Waals surface area contributed by atoms with Gasteiger partial charge in [0.2, 0.25) is 0 Å². The van der Waals surface area contributed by atoms with Crippen LogP contribution in [-0.4, -0.2) is 47.1 Å². The van der Waals surface area contributed by atoms with Gasteiger partial charge >= 0.3 is 0 Å². The first-order valence-electron chi connectivity index (χ1n) is 7.79. The minimum atomic E-state index is -0.442. The molecule has 1 amide bonds. The highest BCUT2D eigenvalue weighted by Crippen LogP contribution is 2.31. The monoisotopic (exact) mass is 364 g/mol. The molecule has 0 radical (unpaired) electrons. The standard InChI is InChI=1S/C16H17ClN4O4/c1-10-15(11(2)25-18-10)16(22)20-7-5-19(6-8-20)13-4-3-12(17)9-14(13)21(23)24/h3-4,9H,5-8H2,1-2H3. The van der Waals surface area contributed by atoms with Crippen molar-refractivity contribution in [2.45, 2.75) is 13.8 Å². The minimum absolute atomic E-state index is 0.0296. The highest BCUT2D eigenvalue weighted by atomic mass is 35.5. The lowest BCUT2D eigenvalue weighted by molar-refractivity contribution is -0.384. The van der Waals surface area contributed by atoms with E-state index >= 15 is 0 Å². The van der Waals surface area contributed by atoms with E-state index in [4.69, 9.17) is 16.1 Å². The summed E-state index contributed by atoms with van der Waals surface area (Å²) in [6.45, 7) is 5.36. The van der Waals surface area contributed by atoms with Gasteiger partial charge in [-0.2, -0.15) is 0 Å². The Hall–Kier alpha value is -2.61. The van der Waals surface area contributed by atoms with Crippen molar-refractivity contribution in [1.29, 1.82) is 0 Å². The first-order chi connectivity index (χ1) is 11.9. The third-order valence-corrected chi connectivity index (χ3v) is 4.52. The number of anilines is 1. The Balaban J connectivity index is 1.75. The van der Waals surface area contributed by atoms with E-state index in [2.05, 4.69) is 5.16 Å². The SMILES string of the molecule is Cc1noc(C)c1C(=O)N1CCN(c2ccc(Cl)cc2[N+](=O)[O-])CC1. The minimum Gasteiger partial charge on any atom is -0.362 e. The molecule has 9 heteroatoms. The second-order valence-electron chi connectivity index (χ2n) is 5.87. The topological polar surface area (TPSA) is 92.7 Å². The molecule has 0 bridgehead atoms. The van der Waals surface area contributed by atoms with Gasteiger partial charge in [0.25, 0.3) is 11.6 Å². The molecule has 1 fully saturated rings. The summed E-state index contributed by atoms with van der Waals surface area (Å²) in [5, 5.41) is 15.4. The first kappa shape index (κ1) is 17.2. The van der Waals surface area contributed by atoms with Crippen LogP contribution in [0, 0.1) is 24.0 Å². The molecular weight excluding hydrogens is 348 g/mol. The summed E-state index contributed by atoms with van der Waals surface area (Å²) < 4.78 is 5.06. The van der Waals surface area contributed by atoms with E-state index < -0.39 is 4.92 Å². The molecule has 2 heterocycles. The molecule has 1 aliphatic heterocycles. The Morgan fingerprint density at radius 3 is 2.52 bits per heavy atom. The largest absolute Gasteiger partial charge is 0.362 e. The van der Waals surface area contributed by atoms with Gasteiger partial charge in [-0.15, -0.1) is 0 Å². The van der Waals surface area contributed by atoms with Crippen LogP contribution in [-0.2, 0) is 0 Å². The molecule has 3 rings (SSSR count). The number of rotatable bonds is 3. The Morgan fingerprint density at radius 2 is 1.96 bits per heavy atom. The molecule has 0 saturated carbocycles. The van der Waals surface area contributed by atoms with Gasteiger partial charge in [-0.05, 0) is 26.0 Å². The zero-order valence-electron chi connectivity index (χ0n) is 13.9. The number of nitro benzene ring substituents is 1. The van der Waals surface area contributed by atoms with Gasteiger partial charge in [-0.25, -0.2) is 0 Å². The Morgan fingerprint density at radius 1 is 1.28 bits per heavy atom. The molecule has 8 nitrogen and oxygen atoms in total. The quantitative estimate of drug-likeness (QED) is 0.614. The fourth-order valence-electron chi connectivity index (χ4n) is 3.01. The maximum atomic E-state index is 12.6. The molecule has 25 heavy (non-hydrogen) atoms. The molecule has 1 aromatic carbocycles. The number of piperazine rings is 1. The highest BCUT2D eigenvalue weighted by molar-refractivity contribution is 6.30. The number of carbonyl (C=O) groups excluding carboxylic acids is 1. The predicted octanol–water partition coefficient (Wildman–Crippen LogP) is 2.82. The Labute approximate surface area is 149 Å². The van der Waals surface area contributed by atoms with E-state index in [1.54, 1.807) is 30.9 Å². The lowest BCUT2D eigenvalue weighted by Crippen LogP contribution is -2.49. The van der Waals surface area contributed by atoms with Crippen LogP contribution >= 0.6 is 11.6 Å². The molecule has 0 spiro atoms. The van der Waals surface area contributed by atoms with Crippen LogP contribution in [0.15, 0.2) is 22.7 Å². The zero-order chi connectivity index (χ0) is 18.1. The molecule has 0 unspecified atom stereocenters.